The highest BCUT2D eigenvalue weighted by Crippen LogP contribution is 2.62. The monoisotopic (exact) mass is 654 g/mol. The fraction of sp³-hybridized carbons (Fsp3) is 0.0833. The predicted octanol–water partition coefficient (Wildman–Crippen LogP) is 11.6. The summed E-state index contributed by atoms with van der Waals surface area (Å²) in [5.41, 5.74) is 12.9. The highest BCUT2D eigenvalue weighted by Gasteiger charge is 2.51. The van der Waals surface area contributed by atoms with Crippen LogP contribution in [-0.4, -0.2) is 9.97 Å². The van der Waals surface area contributed by atoms with E-state index >= 15 is 0 Å². The van der Waals surface area contributed by atoms with Crippen LogP contribution in [0.2, 0.25) is 0 Å². The second-order valence-electron chi connectivity index (χ2n) is 14.0. The minimum absolute atomic E-state index is 0.143. The van der Waals surface area contributed by atoms with Gasteiger partial charge in [-0.3, -0.25) is 0 Å². The number of fused-ring (bicyclic) bond motifs is 9. The molecule has 0 bridgehead atoms. The molecule has 2 aliphatic carbocycles. The van der Waals surface area contributed by atoms with E-state index in [4.69, 9.17) is 14.7 Å². The molecule has 2 heterocycles. The average molecular weight is 655 g/mol. The van der Waals surface area contributed by atoms with Crippen LogP contribution < -0.4 is 4.74 Å². The predicted molar refractivity (Wildman–Crippen MR) is 206 cm³/mol. The quantitative estimate of drug-likeness (QED) is 0.189. The van der Waals surface area contributed by atoms with Crippen molar-refractivity contribution in [2.24, 2.45) is 0 Å². The number of rotatable bonds is 4. The highest BCUT2D eigenvalue weighted by atomic mass is 16.5. The first kappa shape index (κ1) is 29.6. The molecular formula is C48H34N2O. The largest absolute Gasteiger partial charge is 0.457 e. The van der Waals surface area contributed by atoms with Crippen LogP contribution in [-0.2, 0) is 10.8 Å². The van der Waals surface area contributed by atoms with Gasteiger partial charge >= 0.3 is 0 Å². The van der Waals surface area contributed by atoms with Gasteiger partial charge in [0.05, 0.1) is 16.8 Å². The molecule has 0 radical (unpaired) electrons. The fourth-order valence-electron chi connectivity index (χ4n) is 8.58. The fourth-order valence-corrected chi connectivity index (χ4v) is 8.58. The summed E-state index contributed by atoms with van der Waals surface area (Å²) in [6.07, 6.45) is 7.54. The number of para-hydroxylation sites is 1. The van der Waals surface area contributed by atoms with E-state index in [-0.39, 0.29) is 5.41 Å². The van der Waals surface area contributed by atoms with E-state index in [0.717, 1.165) is 51.6 Å². The van der Waals surface area contributed by atoms with Gasteiger partial charge in [-0.1, -0.05) is 153 Å². The Kier molecular flexibility index (Phi) is 6.59. The Labute approximate surface area is 298 Å². The van der Waals surface area contributed by atoms with Crippen LogP contribution >= 0.6 is 0 Å². The molecule has 0 saturated heterocycles. The van der Waals surface area contributed by atoms with E-state index in [0.29, 0.717) is 5.82 Å². The molecule has 0 saturated carbocycles. The van der Waals surface area contributed by atoms with Gasteiger partial charge in [0.2, 0.25) is 0 Å². The minimum Gasteiger partial charge on any atom is -0.457 e. The first-order chi connectivity index (χ1) is 25.1. The zero-order chi connectivity index (χ0) is 34.0. The number of benzene rings is 6. The maximum Gasteiger partial charge on any atom is 0.160 e. The second kappa shape index (κ2) is 11.4. The lowest BCUT2D eigenvalue weighted by molar-refractivity contribution is 0.436. The Balaban J connectivity index is 1.18. The van der Waals surface area contributed by atoms with Crippen molar-refractivity contribution in [3.63, 3.8) is 0 Å². The highest BCUT2D eigenvalue weighted by molar-refractivity contribution is 5.89. The van der Waals surface area contributed by atoms with Crippen LogP contribution in [0.25, 0.3) is 39.3 Å². The first-order valence-corrected chi connectivity index (χ1v) is 17.6. The van der Waals surface area contributed by atoms with Crippen LogP contribution in [0.15, 0.2) is 176 Å². The van der Waals surface area contributed by atoms with Gasteiger partial charge in [-0.05, 0) is 70.1 Å². The summed E-state index contributed by atoms with van der Waals surface area (Å²) < 4.78 is 6.70. The number of allylic oxidation sites excluding steroid dienone is 4. The molecule has 1 unspecified atom stereocenters. The average Bonchev–Trinajstić information content (AvgIpc) is 3.49. The van der Waals surface area contributed by atoms with Crippen molar-refractivity contribution in [3.8, 4) is 45.3 Å². The molecule has 51 heavy (non-hydrogen) atoms. The molecule has 10 rings (SSSR count). The summed E-state index contributed by atoms with van der Waals surface area (Å²) in [6.45, 7) is 2.31. The maximum absolute atomic E-state index is 6.70. The molecule has 1 aromatic heterocycles. The standard InChI is InChI=1S/C48H34N2O/c1-47(35-18-6-3-7-19-35)28-14-17-34(31-47)43-30-42(32-15-4-2-5-16-32)49-46(50-43)33-26-27-45-41(29-33)48(40-24-12-13-25-44(40)51-45)38-22-10-8-20-36(38)37-21-9-11-23-39(37)48/h2-30H,31H2,1H3. The van der Waals surface area contributed by atoms with Gasteiger partial charge in [-0.15, -0.1) is 0 Å². The summed E-state index contributed by atoms with van der Waals surface area (Å²) in [5.74, 6) is 2.43. The van der Waals surface area contributed by atoms with Crippen LogP contribution in [0.5, 0.6) is 11.5 Å². The Bertz CT molecular complexity index is 2500. The minimum atomic E-state index is -0.554. The van der Waals surface area contributed by atoms with E-state index in [1.165, 1.54) is 33.4 Å². The number of hydrogen-bond donors (Lipinski definition) is 0. The van der Waals surface area contributed by atoms with E-state index < -0.39 is 5.41 Å². The van der Waals surface area contributed by atoms with Crippen molar-refractivity contribution in [2.75, 3.05) is 0 Å². The molecule has 3 aliphatic rings. The lowest BCUT2D eigenvalue weighted by Crippen LogP contribution is -2.32. The number of ether oxygens (including phenoxy) is 1. The SMILES string of the molecule is CC1(c2ccccc2)C=CC=C(c2cc(-c3ccccc3)nc(-c3ccc4c(c3)C3(c5ccccc5O4)c4ccccc4-c4ccccc43)n2)C1. The normalized spacial score (nSPS) is 17.5. The Morgan fingerprint density at radius 2 is 1.14 bits per heavy atom. The third-order valence-electron chi connectivity index (χ3n) is 11.0. The third kappa shape index (κ3) is 4.51. The Hall–Kier alpha value is -6.32. The maximum atomic E-state index is 6.70. The van der Waals surface area contributed by atoms with Crippen LogP contribution in [0.1, 0.15) is 46.9 Å². The van der Waals surface area contributed by atoms with Crippen molar-refractivity contribution in [2.45, 2.75) is 24.2 Å². The zero-order valence-electron chi connectivity index (χ0n) is 28.3. The van der Waals surface area contributed by atoms with Crippen molar-refractivity contribution in [1.82, 2.24) is 9.97 Å². The topological polar surface area (TPSA) is 35.0 Å². The van der Waals surface area contributed by atoms with Gasteiger partial charge in [-0.25, -0.2) is 9.97 Å². The zero-order valence-corrected chi connectivity index (χ0v) is 28.3. The Morgan fingerprint density at radius 3 is 1.88 bits per heavy atom. The van der Waals surface area contributed by atoms with Gasteiger partial charge in [0, 0.05) is 27.7 Å². The van der Waals surface area contributed by atoms with Crippen LogP contribution in [0, 0.1) is 0 Å². The van der Waals surface area contributed by atoms with Crippen LogP contribution in [0.4, 0.5) is 0 Å². The number of aromatic nitrogens is 2. The molecule has 0 fully saturated rings. The Morgan fingerprint density at radius 1 is 0.529 bits per heavy atom. The van der Waals surface area contributed by atoms with Gasteiger partial charge in [0.25, 0.3) is 0 Å². The molecule has 1 spiro atoms. The van der Waals surface area contributed by atoms with Crippen molar-refractivity contribution in [3.05, 3.63) is 209 Å². The number of hydrogen-bond acceptors (Lipinski definition) is 3. The van der Waals surface area contributed by atoms with Crippen molar-refractivity contribution < 1.29 is 4.74 Å². The molecule has 1 atom stereocenters. The lowest BCUT2D eigenvalue weighted by Gasteiger charge is -2.39. The summed E-state index contributed by atoms with van der Waals surface area (Å²) in [7, 11) is 0. The molecule has 242 valence electrons. The summed E-state index contributed by atoms with van der Waals surface area (Å²) in [5, 5.41) is 0. The molecule has 6 aromatic carbocycles. The molecule has 3 heteroatoms. The van der Waals surface area contributed by atoms with Crippen molar-refractivity contribution >= 4 is 5.57 Å². The smallest absolute Gasteiger partial charge is 0.160 e. The van der Waals surface area contributed by atoms with Gasteiger partial charge in [-0.2, -0.15) is 0 Å². The summed E-state index contributed by atoms with van der Waals surface area (Å²) in [6, 6.07) is 56.0. The molecule has 1 aliphatic heterocycles. The molecule has 0 amide bonds. The number of nitrogens with zero attached hydrogens (tertiary/aromatic N) is 2. The van der Waals surface area contributed by atoms with Crippen LogP contribution in [0.3, 0.4) is 0 Å². The third-order valence-corrected chi connectivity index (χ3v) is 11.0. The van der Waals surface area contributed by atoms with Gasteiger partial charge in [0.1, 0.15) is 11.5 Å². The lowest BCUT2D eigenvalue weighted by atomic mass is 9.66. The summed E-state index contributed by atoms with van der Waals surface area (Å²) >= 11 is 0. The van der Waals surface area contributed by atoms with E-state index in [9.17, 15) is 0 Å². The van der Waals surface area contributed by atoms with E-state index in [2.05, 4.69) is 177 Å². The van der Waals surface area contributed by atoms with E-state index in [1.807, 2.05) is 6.07 Å². The van der Waals surface area contributed by atoms with Gasteiger partial charge in [0.15, 0.2) is 5.82 Å². The molecule has 3 nitrogen and oxygen atoms in total. The first-order valence-electron chi connectivity index (χ1n) is 17.6. The van der Waals surface area contributed by atoms with Gasteiger partial charge < -0.3 is 4.74 Å². The second-order valence-corrected chi connectivity index (χ2v) is 14.0. The molecule has 0 N–H and O–H groups in total. The summed E-state index contributed by atoms with van der Waals surface area (Å²) in [4.78, 5) is 10.6. The molecule has 7 aromatic rings. The molecular weight excluding hydrogens is 621 g/mol. The van der Waals surface area contributed by atoms with Crippen molar-refractivity contribution in [1.29, 1.82) is 0 Å². The van der Waals surface area contributed by atoms with E-state index in [1.54, 1.807) is 0 Å².